The maximum atomic E-state index is 13.1. The molecule has 0 atom stereocenters. The molecule has 0 N–H and O–H groups in total. The average Bonchev–Trinajstić information content (AvgIpc) is 2.95. The molecule has 2 aromatic carbocycles. The van der Waals surface area contributed by atoms with Crippen molar-refractivity contribution in [2.45, 2.75) is 32.4 Å². The molecular weight excluding hydrogens is 456 g/mol. The Bertz CT molecular complexity index is 1180. The maximum Gasteiger partial charge on any atom is 0.225 e. The van der Waals surface area contributed by atoms with Gasteiger partial charge in [-0.3, -0.25) is 4.79 Å². The van der Waals surface area contributed by atoms with Crippen molar-refractivity contribution < 1.29 is 19.0 Å². The van der Waals surface area contributed by atoms with Gasteiger partial charge in [0.2, 0.25) is 11.9 Å². The topological polar surface area (TPSA) is 77.0 Å². The van der Waals surface area contributed by atoms with Gasteiger partial charge in [-0.1, -0.05) is 36.4 Å². The summed E-state index contributed by atoms with van der Waals surface area (Å²) in [6, 6.07) is 15.9. The van der Waals surface area contributed by atoms with E-state index in [-0.39, 0.29) is 5.91 Å². The number of aromatic nitrogens is 2. The number of hydrogen-bond donors (Lipinski definition) is 0. The van der Waals surface area contributed by atoms with E-state index in [2.05, 4.69) is 9.88 Å². The lowest BCUT2D eigenvalue weighted by molar-refractivity contribution is -0.132. The highest BCUT2D eigenvalue weighted by Gasteiger charge is 2.24. The molecule has 3 aromatic rings. The van der Waals surface area contributed by atoms with Crippen LogP contribution in [-0.4, -0.2) is 60.7 Å². The first-order valence-corrected chi connectivity index (χ1v) is 12.5. The highest BCUT2D eigenvalue weighted by molar-refractivity contribution is 5.76. The van der Waals surface area contributed by atoms with Crippen molar-refractivity contribution in [1.82, 2.24) is 14.9 Å². The molecule has 1 fully saturated rings. The summed E-state index contributed by atoms with van der Waals surface area (Å²) < 4.78 is 16.9. The summed E-state index contributed by atoms with van der Waals surface area (Å²) >= 11 is 0. The van der Waals surface area contributed by atoms with Crippen molar-refractivity contribution in [3.05, 3.63) is 77.1 Å². The molecule has 1 amide bonds. The van der Waals surface area contributed by atoms with Crippen LogP contribution in [0.1, 0.15) is 28.8 Å². The monoisotopic (exact) mass is 488 g/mol. The standard InChI is InChI=1S/C28H32N4O4/c1-34-25-9-7-21(17-26(25)36-20-22-5-3-2-4-6-22)8-10-27(33)32-12-11-23-18-29-28(30-24(23)19-32)31-13-15-35-16-14-31/h2-7,9,17-18H,8,10-16,19-20H2,1H3. The van der Waals surface area contributed by atoms with Gasteiger partial charge in [-0.25, -0.2) is 9.97 Å². The van der Waals surface area contributed by atoms with Crippen LogP contribution >= 0.6 is 0 Å². The summed E-state index contributed by atoms with van der Waals surface area (Å²) in [4.78, 5) is 26.5. The molecule has 1 saturated heterocycles. The molecule has 2 aliphatic heterocycles. The first-order valence-electron chi connectivity index (χ1n) is 12.5. The zero-order valence-electron chi connectivity index (χ0n) is 20.7. The van der Waals surface area contributed by atoms with E-state index in [1.165, 1.54) is 0 Å². The van der Waals surface area contributed by atoms with Gasteiger partial charge in [0.1, 0.15) is 6.61 Å². The number of amides is 1. The van der Waals surface area contributed by atoms with Crippen LogP contribution in [0.3, 0.4) is 0 Å². The predicted octanol–water partition coefficient (Wildman–Crippen LogP) is 3.42. The average molecular weight is 489 g/mol. The Hall–Kier alpha value is -3.65. The van der Waals surface area contributed by atoms with Gasteiger partial charge in [0.15, 0.2) is 11.5 Å². The van der Waals surface area contributed by atoms with Gasteiger partial charge >= 0.3 is 0 Å². The fourth-order valence-electron chi connectivity index (χ4n) is 4.56. The Morgan fingerprint density at radius 3 is 2.67 bits per heavy atom. The van der Waals surface area contributed by atoms with Crippen molar-refractivity contribution >= 4 is 11.9 Å². The summed E-state index contributed by atoms with van der Waals surface area (Å²) in [5.41, 5.74) is 4.21. The molecule has 0 bridgehead atoms. The quantitative estimate of drug-likeness (QED) is 0.481. The van der Waals surface area contributed by atoms with E-state index in [9.17, 15) is 4.79 Å². The number of anilines is 1. The number of morpholine rings is 1. The number of ether oxygens (including phenoxy) is 3. The van der Waals surface area contributed by atoms with Crippen molar-refractivity contribution in [2.24, 2.45) is 0 Å². The molecular formula is C28H32N4O4. The second-order valence-corrected chi connectivity index (χ2v) is 9.07. The normalized spacial score (nSPS) is 15.4. The minimum atomic E-state index is 0.134. The van der Waals surface area contributed by atoms with Gasteiger partial charge in [0, 0.05) is 32.3 Å². The number of methoxy groups -OCH3 is 1. The molecule has 8 nitrogen and oxygen atoms in total. The van der Waals surface area contributed by atoms with Gasteiger partial charge < -0.3 is 24.0 Å². The lowest BCUT2D eigenvalue weighted by atomic mass is 10.0. The van der Waals surface area contributed by atoms with E-state index >= 15 is 0 Å². The van der Waals surface area contributed by atoms with Gasteiger partial charge in [0.25, 0.3) is 0 Å². The minimum Gasteiger partial charge on any atom is -0.493 e. The van der Waals surface area contributed by atoms with Crippen molar-refractivity contribution in [3.63, 3.8) is 0 Å². The number of rotatable bonds is 8. The zero-order valence-corrected chi connectivity index (χ0v) is 20.7. The largest absolute Gasteiger partial charge is 0.493 e. The summed E-state index contributed by atoms with van der Waals surface area (Å²) in [6.45, 7) is 4.65. The minimum absolute atomic E-state index is 0.134. The van der Waals surface area contributed by atoms with E-state index in [0.717, 1.165) is 47.8 Å². The van der Waals surface area contributed by atoms with E-state index in [1.807, 2.05) is 59.6 Å². The van der Waals surface area contributed by atoms with Gasteiger partial charge in [-0.15, -0.1) is 0 Å². The number of carbonyl (C=O) groups excluding carboxylic acids is 1. The summed E-state index contributed by atoms with van der Waals surface area (Å²) in [5.74, 6) is 2.23. The predicted molar refractivity (Wildman–Crippen MR) is 136 cm³/mol. The molecule has 0 radical (unpaired) electrons. The van der Waals surface area contributed by atoms with Crippen LogP contribution in [0.25, 0.3) is 0 Å². The molecule has 0 aliphatic carbocycles. The number of fused-ring (bicyclic) bond motifs is 1. The molecule has 0 spiro atoms. The SMILES string of the molecule is COc1ccc(CCC(=O)N2CCc3cnc(N4CCOCC4)nc3C2)cc1OCc1ccccc1. The lowest BCUT2D eigenvalue weighted by Gasteiger charge is -2.31. The number of benzene rings is 2. The Kier molecular flexibility index (Phi) is 7.61. The Labute approximate surface area is 211 Å². The number of aryl methyl sites for hydroxylation is 1. The Balaban J connectivity index is 1.19. The highest BCUT2D eigenvalue weighted by Crippen LogP contribution is 2.29. The smallest absolute Gasteiger partial charge is 0.225 e. The fraction of sp³-hybridized carbons (Fsp3) is 0.393. The molecule has 36 heavy (non-hydrogen) atoms. The molecule has 188 valence electrons. The molecule has 1 aromatic heterocycles. The first-order chi connectivity index (χ1) is 17.7. The van der Waals surface area contributed by atoms with E-state index < -0.39 is 0 Å². The highest BCUT2D eigenvalue weighted by atomic mass is 16.5. The number of hydrogen-bond acceptors (Lipinski definition) is 7. The van der Waals surface area contributed by atoms with Gasteiger partial charge in [-0.05, 0) is 41.7 Å². The van der Waals surface area contributed by atoms with Crippen LogP contribution < -0.4 is 14.4 Å². The van der Waals surface area contributed by atoms with Crippen molar-refractivity contribution in [2.75, 3.05) is 44.9 Å². The van der Waals surface area contributed by atoms with Gasteiger partial charge in [0.05, 0.1) is 32.6 Å². The third-order valence-electron chi connectivity index (χ3n) is 6.67. The van der Waals surface area contributed by atoms with Crippen LogP contribution in [0.4, 0.5) is 5.95 Å². The van der Waals surface area contributed by atoms with Crippen LogP contribution in [0.2, 0.25) is 0 Å². The van der Waals surface area contributed by atoms with Crippen molar-refractivity contribution in [3.8, 4) is 11.5 Å². The zero-order chi connectivity index (χ0) is 24.7. The molecule has 5 rings (SSSR count). The number of carbonyl (C=O) groups is 1. The third-order valence-corrected chi connectivity index (χ3v) is 6.67. The van der Waals surface area contributed by atoms with E-state index in [0.29, 0.717) is 57.3 Å². The Morgan fingerprint density at radius 2 is 1.86 bits per heavy atom. The van der Waals surface area contributed by atoms with Gasteiger partial charge in [-0.2, -0.15) is 0 Å². The maximum absolute atomic E-state index is 13.1. The lowest BCUT2D eigenvalue weighted by Crippen LogP contribution is -2.39. The van der Waals surface area contributed by atoms with E-state index in [1.54, 1.807) is 7.11 Å². The number of nitrogens with zero attached hydrogens (tertiary/aromatic N) is 4. The van der Waals surface area contributed by atoms with Crippen LogP contribution in [0.15, 0.2) is 54.7 Å². The molecule has 3 heterocycles. The second kappa shape index (κ2) is 11.4. The third kappa shape index (κ3) is 5.76. The first kappa shape index (κ1) is 24.1. The Morgan fingerprint density at radius 1 is 1.03 bits per heavy atom. The van der Waals surface area contributed by atoms with E-state index in [4.69, 9.17) is 19.2 Å². The molecule has 2 aliphatic rings. The molecule has 8 heteroatoms. The van der Waals surface area contributed by atoms with Crippen molar-refractivity contribution in [1.29, 1.82) is 0 Å². The molecule has 0 saturated carbocycles. The summed E-state index contributed by atoms with van der Waals surface area (Å²) in [7, 11) is 1.64. The molecule has 0 unspecified atom stereocenters. The summed E-state index contributed by atoms with van der Waals surface area (Å²) in [6.07, 6.45) is 3.77. The fourth-order valence-corrected chi connectivity index (χ4v) is 4.56. The van der Waals surface area contributed by atoms with Crippen LogP contribution in [-0.2, 0) is 35.5 Å². The van der Waals surface area contributed by atoms with Crippen LogP contribution in [0, 0.1) is 0 Å². The second-order valence-electron chi connectivity index (χ2n) is 9.07. The van der Waals surface area contributed by atoms with Crippen LogP contribution in [0.5, 0.6) is 11.5 Å². The summed E-state index contributed by atoms with van der Waals surface area (Å²) in [5, 5.41) is 0.